The Morgan fingerprint density at radius 1 is 0.774 bits per heavy atom. The Hall–Kier alpha value is -5.74. The first-order valence-corrected chi connectivity index (χ1v) is 21.3. The second-order valence-electron chi connectivity index (χ2n) is 17.5. The zero-order valence-electron chi connectivity index (χ0n) is 35.3. The largest absolute Gasteiger partial charge is 0.453 e. The first-order chi connectivity index (χ1) is 29.5. The number of imidazole rings is 2. The fourth-order valence-corrected chi connectivity index (χ4v) is 9.59. The molecule has 0 radical (unpaired) electrons. The predicted molar refractivity (Wildman–Crippen MR) is 222 cm³/mol. The molecule has 12 nitrogen and oxygen atoms in total. The maximum Gasteiger partial charge on any atom is 0.419 e. The zero-order chi connectivity index (χ0) is 44.2. The van der Waals surface area contributed by atoms with Crippen LogP contribution in [0.5, 0.6) is 0 Å². The highest BCUT2D eigenvalue weighted by Crippen LogP contribution is 2.49. The summed E-state index contributed by atoms with van der Waals surface area (Å²) in [6, 6.07) is 9.35. The molecule has 3 aliphatic heterocycles. The number of halogens is 5. The van der Waals surface area contributed by atoms with Gasteiger partial charge in [0.25, 0.3) is 0 Å². The maximum atomic E-state index is 16.1. The van der Waals surface area contributed by atoms with Crippen LogP contribution in [-0.2, 0) is 20.5 Å². The molecule has 3 N–H and O–H groups in total. The number of alkyl halides is 3. The number of rotatable bonds is 10. The molecule has 3 aliphatic rings. The number of nitrogens with zero attached hydrogens (tertiary/aromatic N) is 5. The summed E-state index contributed by atoms with van der Waals surface area (Å²) in [5.41, 5.74) is 2.04. The van der Waals surface area contributed by atoms with Crippen molar-refractivity contribution in [1.29, 1.82) is 0 Å². The van der Waals surface area contributed by atoms with Gasteiger partial charge in [0, 0.05) is 25.6 Å². The minimum atomic E-state index is -5.10. The van der Waals surface area contributed by atoms with Crippen LogP contribution in [0.1, 0.15) is 125 Å². The first kappa shape index (κ1) is 42.9. The zero-order valence-corrected chi connectivity index (χ0v) is 35.3. The standard InChI is InChI=1S/C45H51F5N8O4/c1-23(2)18-39(59)56-16-6-8-36(56)41-51-30-12-10-25(19-32(30)53-41)34-14-15-35(58(34)38-22-28(46)27(21-29(38)47)45(48,49)50)26-11-13-31-33(20-26)54-42(52-31)37-9-7-17-57(37)43(60)40(24(3)4)55-44(61)62-5/h10-13,19-24,34-37,40H,6-9,14-18H2,1-5H3,(H,51,53)(H,52,54)(H,55,61)/t34-,35-,36+,37+,40+/m1/s1. The number of carbonyl (C=O) groups is 3. The molecule has 0 bridgehead atoms. The fraction of sp³-hybridized carbons (Fsp3) is 0.489. The molecule has 3 amide bonds. The van der Waals surface area contributed by atoms with Crippen LogP contribution in [0.3, 0.4) is 0 Å². The molecule has 3 fully saturated rings. The van der Waals surface area contributed by atoms with Gasteiger partial charge >= 0.3 is 12.3 Å². The van der Waals surface area contributed by atoms with Crippen molar-refractivity contribution in [3.63, 3.8) is 0 Å². The summed E-state index contributed by atoms with van der Waals surface area (Å²) >= 11 is 0. The monoisotopic (exact) mass is 862 g/mol. The predicted octanol–water partition coefficient (Wildman–Crippen LogP) is 9.57. The van der Waals surface area contributed by atoms with Crippen LogP contribution in [0.2, 0.25) is 0 Å². The lowest BCUT2D eigenvalue weighted by molar-refractivity contribution is -0.140. The minimum absolute atomic E-state index is 0.0760. The van der Waals surface area contributed by atoms with Crippen molar-refractivity contribution in [2.24, 2.45) is 11.8 Å². The van der Waals surface area contributed by atoms with Gasteiger partial charge < -0.3 is 34.7 Å². The Morgan fingerprint density at radius 3 is 1.84 bits per heavy atom. The summed E-state index contributed by atoms with van der Waals surface area (Å²) in [6.45, 7) is 8.80. The van der Waals surface area contributed by atoms with E-state index in [0.717, 1.165) is 24.8 Å². The summed E-state index contributed by atoms with van der Waals surface area (Å²) in [6.07, 6.45) is -1.48. The van der Waals surface area contributed by atoms with Gasteiger partial charge in [0.1, 0.15) is 29.3 Å². The summed E-state index contributed by atoms with van der Waals surface area (Å²) < 4.78 is 77.5. The maximum absolute atomic E-state index is 16.1. The molecule has 330 valence electrons. The van der Waals surface area contributed by atoms with Gasteiger partial charge in [-0.05, 0) is 91.8 Å². The number of fused-ring (bicyclic) bond motifs is 2. The SMILES string of the molecule is COC(=O)N[C@H](C(=O)N1CCC[C@H]1c1nc2ccc([C@H]3CC[C@H](c4ccc5nc([C@@H]6CCCN6C(=O)CC(C)C)[nH]c5c4)N3c3cc(F)c(C(F)(F)F)cc3F)cc2[nH]1)C(C)C. The van der Waals surface area contributed by atoms with Crippen LogP contribution < -0.4 is 10.2 Å². The highest BCUT2D eigenvalue weighted by Gasteiger charge is 2.42. The Balaban J connectivity index is 1.13. The molecule has 5 heterocycles. The normalized spacial score (nSPS) is 21.3. The van der Waals surface area contributed by atoms with Gasteiger partial charge in [0.2, 0.25) is 11.8 Å². The number of likely N-dealkylation sites (tertiary alicyclic amines) is 2. The van der Waals surface area contributed by atoms with Crippen molar-refractivity contribution < 1.29 is 41.1 Å². The first-order valence-electron chi connectivity index (χ1n) is 21.3. The number of amides is 3. The number of nitrogens with one attached hydrogen (secondary N) is 3. The van der Waals surface area contributed by atoms with Crippen molar-refractivity contribution >= 4 is 45.7 Å². The average Bonchev–Trinajstić information content (AvgIpc) is 4.07. The smallest absolute Gasteiger partial charge is 0.419 e. The van der Waals surface area contributed by atoms with Gasteiger partial charge in [0.15, 0.2) is 0 Å². The molecule has 2 aromatic heterocycles. The van der Waals surface area contributed by atoms with Gasteiger partial charge in [-0.15, -0.1) is 0 Å². The third kappa shape index (κ3) is 8.17. The van der Waals surface area contributed by atoms with E-state index >= 15 is 8.78 Å². The molecule has 5 aromatic rings. The highest BCUT2D eigenvalue weighted by molar-refractivity contribution is 5.87. The molecule has 8 rings (SSSR count). The third-order valence-electron chi connectivity index (χ3n) is 12.5. The number of aromatic amines is 2. The molecule has 62 heavy (non-hydrogen) atoms. The summed E-state index contributed by atoms with van der Waals surface area (Å²) in [5, 5.41) is 2.65. The number of H-pyrrole nitrogens is 2. The summed E-state index contributed by atoms with van der Waals surface area (Å²) in [7, 11) is 1.24. The molecule has 3 aromatic carbocycles. The fourth-order valence-electron chi connectivity index (χ4n) is 9.59. The van der Waals surface area contributed by atoms with Crippen LogP contribution in [-0.4, -0.2) is 73.9 Å². The number of ether oxygens (including phenoxy) is 1. The molecule has 3 saturated heterocycles. The number of alkyl carbamates (subject to hydrolysis) is 1. The van der Waals surface area contributed by atoms with E-state index in [0.29, 0.717) is 84.1 Å². The van der Waals surface area contributed by atoms with E-state index in [9.17, 15) is 27.6 Å². The number of hydrogen-bond acceptors (Lipinski definition) is 7. The highest BCUT2D eigenvalue weighted by atomic mass is 19.4. The molecule has 17 heteroatoms. The van der Waals surface area contributed by atoms with Crippen LogP contribution >= 0.6 is 0 Å². The minimum Gasteiger partial charge on any atom is -0.453 e. The van der Waals surface area contributed by atoms with E-state index in [1.165, 1.54) is 7.11 Å². The second-order valence-corrected chi connectivity index (χ2v) is 17.5. The lowest BCUT2D eigenvalue weighted by Gasteiger charge is -2.34. The van der Waals surface area contributed by atoms with Gasteiger partial charge in [-0.25, -0.2) is 23.5 Å². The topological polar surface area (TPSA) is 140 Å². The van der Waals surface area contributed by atoms with Crippen molar-refractivity contribution in [2.75, 3.05) is 25.1 Å². The van der Waals surface area contributed by atoms with Crippen molar-refractivity contribution in [3.8, 4) is 0 Å². The van der Waals surface area contributed by atoms with Gasteiger partial charge in [-0.2, -0.15) is 13.2 Å². The number of hydrogen-bond donors (Lipinski definition) is 3. The van der Waals surface area contributed by atoms with Crippen molar-refractivity contribution in [2.45, 2.75) is 109 Å². The van der Waals surface area contributed by atoms with Crippen LogP contribution in [0.4, 0.5) is 32.4 Å². The molecule has 5 atom stereocenters. The third-order valence-corrected chi connectivity index (χ3v) is 12.5. The number of benzene rings is 3. The van der Waals surface area contributed by atoms with Crippen molar-refractivity contribution in [1.82, 2.24) is 35.1 Å². The number of carbonyl (C=O) groups excluding carboxylic acids is 3. The molecule has 0 spiro atoms. The van der Waals surface area contributed by atoms with E-state index in [1.54, 1.807) is 15.9 Å². The molecule has 0 aliphatic carbocycles. The molecular formula is C45H51F5N8O4. The molecule has 0 saturated carbocycles. The number of methoxy groups -OCH3 is 1. The van der Waals surface area contributed by atoms with E-state index in [2.05, 4.69) is 15.3 Å². The lowest BCUT2D eigenvalue weighted by atomic mass is 10.0. The van der Waals surface area contributed by atoms with E-state index in [1.807, 2.05) is 62.9 Å². The Labute approximate surface area is 355 Å². The van der Waals surface area contributed by atoms with Crippen molar-refractivity contribution in [3.05, 3.63) is 88.5 Å². The lowest BCUT2D eigenvalue weighted by Crippen LogP contribution is -2.51. The van der Waals surface area contributed by atoms with Crippen LogP contribution in [0.15, 0.2) is 48.5 Å². The average molecular weight is 863 g/mol. The molecule has 0 unspecified atom stereocenters. The number of aromatic nitrogens is 4. The van der Waals surface area contributed by atoms with E-state index in [4.69, 9.17) is 14.7 Å². The summed E-state index contributed by atoms with van der Waals surface area (Å²) in [4.78, 5) is 60.7. The van der Waals surface area contributed by atoms with Gasteiger partial charge in [0.05, 0.1) is 64.6 Å². The number of anilines is 1. The van der Waals surface area contributed by atoms with E-state index < -0.39 is 53.6 Å². The Morgan fingerprint density at radius 2 is 1.32 bits per heavy atom. The Bertz CT molecular complexity index is 2500. The van der Waals surface area contributed by atoms with Gasteiger partial charge in [-0.1, -0.05) is 39.8 Å². The van der Waals surface area contributed by atoms with E-state index in [-0.39, 0.29) is 41.4 Å². The van der Waals surface area contributed by atoms with Crippen LogP contribution in [0, 0.1) is 23.5 Å². The van der Waals surface area contributed by atoms with Crippen LogP contribution in [0.25, 0.3) is 22.1 Å². The molecular weight excluding hydrogens is 812 g/mol. The summed E-state index contributed by atoms with van der Waals surface area (Å²) in [5.74, 6) is -1.74. The Kier molecular flexibility index (Phi) is 11.7. The van der Waals surface area contributed by atoms with Gasteiger partial charge in [-0.3, -0.25) is 9.59 Å². The second kappa shape index (κ2) is 16.9. The quantitative estimate of drug-likeness (QED) is 0.119.